The number of likely N-dealkylation sites (tertiary alicyclic amines) is 1. The lowest BCUT2D eigenvalue weighted by Crippen LogP contribution is -2.48. The highest BCUT2D eigenvalue weighted by Crippen LogP contribution is 2.25. The number of aliphatic hydroxyl groups is 1. The number of nitrogens with two attached hydrogens (primary N) is 1. The number of carbonyl (C=O) groups is 2. The van der Waals surface area contributed by atoms with Crippen LogP contribution >= 0.6 is 11.3 Å². The van der Waals surface area contributed by atoms with Crippen LogP contribution in [-0.4, -0.2) is 41.0 Å². The summed E-state index contributed by atoms with van der Waals surface area (Å²) in [6.45, 7) is 2.15. The quantitative estimate of drug-likeness (QED) is 0.793. The third-order valence-electron chi connectivity index (χ3n) is 3.68. The second-order valence-electron chi connectivity index (χ2n) is 5.14. The third-order valence-corrected chi connectivity index (χ3v) is 4.53. The molecule has 1 fully saturated rings. The zero-order valence-electron chi connectivity index (χ0n) is 11.8. The van der Waals surface area contributed by atoms with Gasteiger partial charge in [0.25, 0.3) is 5.91 Å². The molecule has 1 aliphatic heterocycles. The van der Waals surface area contributed by atoms with Crippen molar-refractivity contribution in [3.05, 3.63) is 21.9 Å². The van der Waals surface area contributed by atoms with Gasteiger partial charge in [0.2, 0.25) is 5.91 Å². The molecule has 1 saturated heterocycles. The summed E-state index contributed by atoms with van der Waals surface area (Å²) in [6.07, 6.45) is 1.51. The fraction of sp³-hybridized carbons (Fsp3) is 0.467. The van der Waals surface area contributed by atoms with Crippen LogP contribution in [0.15, 0.2) is 11.4 Å². The molecular weight excluding hydrogens is 288 g/mol. The van der Waals surface area contributed by atoms with Crippen molar-refractivity contribution in [2.45, 2.75) is 25.8 Å². The zero-order valence-corrected chi connectivity index (χ0v) is 12.7. The van der Waals surface area contributed by atoms with Crippen LogP contribution in [0.2, 0.25) is 0 Å². The number of hydrogen-bond acceptors (Lipinski definition) is 4. The number of primary amides is 1. The van der Waals surface area contributed by atoms with Gasteiger partial charge in [-0.1, -0.05) is 11.8 Å². The van der Waals surface area contributed by atoms with Crippen LogP contribution in [-0.2, 0) is 4.79 Å². The molecule has 0 radical (unpaired) electrons. The van der Waals surface area contributed by atoms with Crippen molar-refractivity contribution in [1.29, 1.82) is 0 Å². The summed E-state index contributed by atoms with van der Waals surface area (Å²) in [5.74, 6) is 4.63. The minimum absolute atomic E-state index is 0.0956. The summed E-state index contributed by atoms with van der Waals surface area (Å²) >= 11 is 1.37. The Kier molecular flexibility index (Phi) is 4.99. The number of piperidine rings is 1. The molecule has 5 nitrogen and oxygen atoms in total. The summed E-state index contributed by atoms with van der Waals surface area (Å²) in [6, 6.07) is 1.82. The number of rotatable bonds is 2. The van der Waals surface area contributed by atoms with E-state index in [0.29, 0.717) is 12.1 Å². The number of thiophene rings is 1. The van der Waals surface area contributed by atoms with Gasteiger partial charge in [0, 0.05) is 18.0 Å². The van der Waals surface area contributed by atoms with Gasteiger partial charge in [-0.2, -0.15) is 0 Å². The fourth-order valence-corrected chi connectivity index (χ4v) is 3.18. The molecule has 0 saturated carbocycles. The van der Waals surface area contributed by atoms with Crippen molar-refractivity contribution in [3.63, 3.8) is 0 Å². The van der Waals surface area contributed by atoms with Crippen LogP contribution in [0.4, 0.5) is 0 Å². The second kappa shape index (κ2) is 6.74. The maximum absolute atomic E-state index is 12.5. The predicted molar refractivity (Wildman–Crippen MR) is 80.7 cm³/mol. The molecule has 2 atom stereocenters. The van der Waals surface area contributed by atoms with Gasteiger partial charge in [-0.05, 0) is 25.8 Å². The average molecular weight is 306 g/mol. The monoisotopic (exact) mass is 306 g/mol. The lowest BCUT2D eigenvalue weighted by atomic mass is 9.92. The molecule has 0 aliphatic carbocycles. The van der Waals surface area contributed by atoms with Gasteiger partial charge < -0.3 is 15.7 Å². The lowest BCUT2D eigenvalue weighted by molar-refractivity contribution is -0.123. The van der Waals surface area contributed by atoms with E-state index in [1.807, 2.05) is 6.92 Å². The minimum atomic E-state index is -0.348. The average Bonchev–Trinajstić information content (AvgIpc) is 2.93. The molecule has 112 valence electrons. The van der Waals surface area contributed by atoms with Crippen LogP contribution in [0.25, 0.3) is 0 Å². The van der Waals surface area contributed by atoms with Gasteiger partial charge >= 0.3 is 0 Å². The van der Waals surface area contributed by atoms with Crippen molar-refractivity contribution >= 4 is 23.2 Å². The Morgan fingerprint density at radius 1 is 1.52 bits per heavy atom. The number of amides is 2. The van der Waals surface area contributed by atoms with E-state index in [1.165, 1.54) is 11.3 Å². The zero-order chi connectivity index (χ0) is 15.4. The molecule has 6 heteroatoms. The van der Waals surface area contributed by atoms with E-state index < -0.39 is 0 Å². The first kappa shape index (κ1) is 15.5. The molecule has 2 unspecified atom stereocenters. The van der Waals surface area contributed by atoms with Crippen molar-refractivity contribution in [2.75, 3.05) is 13.2 Å². The van der Waals surface area contributed by atoms with Gasteiger partial charge in [0.15, 0.2) is 0 Å². The molecule has 0 aromatic carbocycles. The van der Waals surface area contributed by atoms with E-state index >= 15 is 0 Å². The number of carbonyl (C=O) groups excluding carboxylic acids is 2. The van der Waals surface area contributed by atoms with Crippen LogP contribution in [0.5, 0.6) is 0 Å². The van der Waals surface area contributed by atoms with Crippen LogP contribution in [0.1, 0.15) is 35.0 Å². The van der Waals surface area contributed by atoms with E-state index in [4.69, 9.17) is 10.8 Å². The van der Waals surface area contributed by atoms with Crippen LogP contribution < -0.4 is 5.73 Å². The van der Waals surface area contributed by atoms with Gasteiger partial charge in [-0.15, -0.1) is 11.3 Å². The van der Waals surface area contributed by atoms with E-state index in [-0.39, 0.29) is 30.4 Å². The molecule has 2 amide bonds. The minimum Gasteiger partial charge on any atom is -0.384 e. The van der Waals surface area contributed by atoms with E-state index in [1.54, 1.807) is 16.3 Å². The number of nitrogens with zero attached hydrogens (tertiary/aromatic N) is 1. The maximum atomic E-state index is 12.5. The van der Waals surface area contributed by atoms with Gasteiger partial charge in [-0.3, -0.25) is 9.59 Å². The highest BCUT2D eigenvalue weighted by atomic mass is 32.1. The fourth-order valence-electron chi connectivity index (χ4n) is 2.43. The Labute approximate surface area is 127 Å². The largest absolute Gasteiger partial charge is 0.384 e. The van der Waals surface area contributed by atoms with E-state index in [9.17, 15) is 9.59 Å². The number of aliphatic hydroxyl groups excluding tert-OH is 1. The molecule has 2 rings (SSSR count). The highest BCUT2D eigenvalue weighted by Gasteiger charge is 2.32. The van der Waals surface area contributed by atoms with Crippen molar-refractivity contribution in [1.82, 2.24) is 4.90 Å². The van der Waals surface area contributed by atoms with Gasteiger partial charge in [-0.25, -0.2) is 0 Å². The second-order valence-corrected chi connectivity index (χ2v) is 6.05. The van der Waals surface area contributed by atoms with Crippen molar-refractivity contribution < 1.29 is 14.7 Å². The summed E-state index contributed by atoms with van der Waals surface area (Å²) in [5, 5.41) is 10.4. The number of hydrogen-bond donors (Lipinski definition) is 2. The Balaban J connectivity index is 2.14. The Bertz CT molecular complexity index is 600. The van der Waals surface area contributed by atoms with Crippen LogP contribution in [0.3, 0.4) is 0 Å². The first-order valence-corrected chi connectivity index (χ1v) is 7.69. The topological polar surface area (TPSA) is 83.6 Å². The molecule has 1 aromatic heterocycles. The molecule has 0 bridgehead atoms. The highest BCUT2D eigenvalue weighted by molar-refractivity contribution is 7.10. The van der Waals surface area contributed by atoms with Crippen molar-refractivity contribution in [2.24, 2.45) is 11.7 Å². The van der Waals surface area contributed by atoms with E-state index in [2.05, 4.69) is 11.8 Å². The summed E-state index contributed by atoms with van der Waals surface area (Å²) in [4.78, 5) is 26.3. The molecule has 0 spiro atoms. The first-order chi connectivity index (χ1) is 10.0. The SMILES string of the molecule is CC1CCC(C(N)=O)CN1C(=O)c1csc(C#CCO)c1. The summed E-state index contributed by atoms with van der Waals surface area (Å²) in [5.41, 5.74) is 5.92. The van der Waals surface area contributed by atoms with Crippen molar-refractivity contribution in [3.8, 4) is 11.8 Å². The maximum Gasteiger partial charge on any atom is 0.255 e. The molecule has 21 heavy (non-hydrogen) atoms. The molecule has 3 N–H and O–H groups in total. The molecular formula is C15H18N2O3S. The normalized spacial score (nSPS) is 21.5. The molecule has 2 heterocycles. The predicted octanol–water partition coefficient (Wildman–Crippen LogP) is 0.818. The Morgan fingerprint density at radius 3 is 2.95 bits per heavy atom. The van der Waals surface area contributed by atoms with Gasteiger partial charge in [0.05, 0.1) is 16.4 Å². The third kappa shape index (κ3) is 3.63. The molecule has 1 aliphatic rings. The smallest absolute Gasteiger partial charge is 0.255 e. The van der Waals surface area contributed by atoms with E-state index in [0.717, 1.165) is 17.7 Å². The lowest BCUT2D eigenvalue weighted by Gasteiger charge is -2.36. The standard InChI is InChI=1S/C15H18N2O3S/c1-10-4-5-11(14(16)19)8-17(10)15(20)12-7-13(21-9-12)3-2-6-18/h7,9-11,18H,4-6,8H2,1H3,(H2,16,19). The Hall–Kier alpha value is -1.84. The van der Waals surface area contributed by atoms with Crippen LogP contribution in [0, 0.1) is 17.8 Å². The summed E-state index contributed by atoms with van der Waals surface area (Å²) < 4.78 is 0. The molecule has 1 aromatic rings. The first-order valence-electron chi connectivity index (χ1n) is 6.81. The van der Waals surface area contributed by atoms with Gasteiger partial charge in [0.1, 0.15) is 6.61 Å². The summed E-state index contributed by atoms with van der Waals surface area (Å²) in [7, 11) is 0. The Morgan fingerprint density at radius 2 is 2.29 bits per heavy atom.